The van der Waals surface area contributed by atoms with Crippen LogP contribution < -0.4 is 0 Å². The molecule has 0 unspecified atom stereocenters. The van der Waals surface area contributed by atoms with Crippen LogP contribution in [0.4, 0.5) is 0 Å². The normalized spacial score (nSPS) is 11.4. The van der Waals surface area contributed by atoms with Crippen molar-refractivity contribution in [1.82, 2.24) is 0 Å². The Labute approximate surface area is 79.7 Å². The zero-order valence-corrected chi connectivity index (χ0v) is 8.41. The van der Waals surface area contributed by atoms with E-state index in [0.29, 0.717) is 11.7 Å². The summed E-state index contributed by atoms with van der Waals surface area (Å²) in [5.74, 6) is 0.927. The molecule has 0 bridgehead atoms. The van der Waals surface area contributed by atoms with E-state index < -0.39 is 0 Å². The number of allylic oxidation sites excluding steroid dienone is 1. The van der Waals surface area contributed by atoms with E-state index in [4.69, 9.17) is 0 Å². The van der Waals surface area contributed by atoms with Crippen LogP contribution in [0.3, 0.4) is 0 Å². The van der Waals surface area contributed by atoms with Crippen molar-refractivity contribution in [2.24, 2.45) is 5.92 Å². The quantitative estimate of drug-likeness (QED) is 0.732. The first kappa shape index (κ1) is 9.85. The van der Waals surface area contributed by atoms with Gasteiger partial charge in [0.2, 0.25) is 0 Å². The lowest BCUT2D eigenvalue weighted by Gasteiger charge is -2.00. The molecule has 0 amide bonds. The van der Waals surface area contributed by atoms with E-state index in [1.807, 2.05) is 19.1 Å². The van der Waals surface area contributed by atoms with E-state index in [1.165, 1.54) is 0 Å². The van der Waals surface area contributed by atoms with Gasteiger partial charge in [-0.1, -0.05) is 32.1 Å². The van der Waals surface area contributed by atoms with E-state index in [9.17, 15) is 5.11 Å². The van der Waals surface area contributed by atoms with Gasteiger partial charge in [-0.2, -0.15) is 0 Å². The van der Waals surface area contributed by atoms with E-state index in [0.717, 1.165) is 11.1 Å². The van der Waals surface area contributed by atoms with Gasteiger partial charge in [-0.25, -0.2) is 0 Å². The maximum absolute atomic E-state index is 9.30. The van der Waals surface area contributed by atoms with E-state index in [2.05, 4.69) is 26.0 Å². The molecule has 1 nitrogen and oxygen atoms in total. The zero-order chi connectivity index (χ0) is 9.84. The van der Waals surface area contributed by atoms with Crippen molar-refractivity contribution in [3.8, 4) is 5.75 Å². The molecule has 0 aromatic heterocycles. The lowest BCUT2D eigenvalue weighted by atomic mass is 10.1. The van der Waals surface area contributed by atoms with Gasteiger partial charge in [0, 0.05) is 0 Å². The first-order chi connectivity index (χ1) is 6.09. The minimum Gasteiger partial charge on any atom is -0.508 e. The fraction of sp³-hybridized carbons (Fsp3) is 0.333. The summed E-state index contributed by atoms with van der Waals surface area (Å²) in [6.07, 6.45) is 4.23. The van der Waals surface area contributed by atoms with Crippen LogP contribution in [0.25, 0.3) is 6.08 Å². The van der Waals surface area contributed by atoms with Crippen molar-refractivity contribution in [1.29, 1.82) is 0 Å². The number of benzene rings is 1. The zero-order valence-electron chi connectivity index (χ0n) is 8.41. The highest BCUT2D eigenvalue weighted by atomic mass is 16.3. The lowest BCUT2D eigenvalue weighted by molar-refractivity contribution is 0.471. The SMILES string of the molecule is Cc1cc(/C=C/C(C)C)ccc1O. The van der Waals surface area contributed by atoms with E-state index in [1.54, 1.807) is 6.07 Å². The van der Waals surface area contributed by atoms with Crippen molar-refractivity contribution in [3.63, 3.8) is 0 Å². The Morgan fingerprint density at radius 3 is 2.54 bits per heavy atom. The second kappa shape index (κ2) is 4.13. The summed E-state index contributed by atoms with van der Waals surface area (Å²) in [6.45, 7) is 6.19. The van der Waals surface area contributed by atoms with Gasteiger partial charge >= 0.3 is 0 Å². The second-order valence-corrected chi connectivity index (χ2v) is 3.65. The molecule has 1 heteroatoms. The van der Waals surface area contributed by atoms with Gasteiger partial charge in [-0.3, -0.25) is 0 Å². The Morgan fingerprint density at radius 1 is 1.31 bits per heavy atom. The summed E-state index contributed by atoms with van der Waals surface area (Å²) in [4.78, 5) is 0. The summed E-state index contributed by atoms with van der Waals surface area (Å²) in [7, 11) is 0. The number of hydrogen-bond acceptors (Lipinski definition) is 1. The van der Waals surface area contributed by atoms with E-state index >= 15 is 0 Å². The first-order valence-corrected chi connectivity index (χ1v) is 4.57. The van der Waals surface area contributed by atoms with Crippen LogP contribution in [0.5, 0.6) is 5.75 Å². The van der Waals surface area contributed by atoms with Gasteiger partial charge in [0.05, 0.1) is 0 Å². The Kier molecular flexibility index (Phi) is 3.13. The maximum Gasteiger partial charge on any atom is 0.118 e. The van der Waals surface area contributed by atoms with Gasteiger partial charge in [-0.05, 0) is 36.1 Å². The minimum absolute atomic E-state index is 0.363. The molecule has 0 aliphatic carbocycles. The molecular weight excluding hydrogens is 160 g/mol. The molecule has 1 rings (SSSR count). The second-order valence-electron chi connectivity index (χ2n) is 3.65. The van der Waals surface area contributed by atoms with Crippen LogP contribution in [0.15, 0.2) is 24.3 Å². The molecule has 0 radical (unpaired) electrons. The molecule has 70 valence electrons. The molecule has 1 aromatic rings. The maximum atomic E-state index is 9.30. The fourth-order valence-corrected chi connectivity index (χ4v) is 1.09. The highest BCUT2D eigenvalue weighted by Gasteiger charge is 1.94. The molecule has 0 heterocycles. The predicted octanol–water partition coefficient (Wildman–Crippen LogP) is 3.37. The van der Waals surface area contributed by atoms with Crippen molar-refractivity contribution < 1.29 is 5.11 Å². The third-order valence-corrected chi connectivity index (χ3v) is 1.89. The number of phenolic OH excluding ortho intramolecular Hbond substituents is 1. The molecular formula is C12H16O. The van der Waals surface area contributed by atoms with Crippen LogP contribution in [-0.4, -0.2) is 5.11 Å². The van der Waals surface area contributed by atoms with Gasteiger partial charge in [0.1, 0.15) is 5.75 Å². The molecule has 13 heavy (non-hydrogen) atoms. The van der Waals surface area contributed by atoms with Crippen LogP contribution in [0.1, 0.15) is 25.0 Å². The van der Waals surface area contributed by atoms with Crippen molar-refractivity contribution in [2.45, 2.75) is 20.8 Å². The Morgan fingerprint density at radius 2 is 2.00 bits per heavy atom. The van der Waals surface area contributed by atoms with Gasteiger partial charge in [0.25, 0.3) is 0 Å². The smallest absolute Gasteiger partial charge is 0.118 e. The number of rotatable bonds is 2. The van der Waals surface area contributed by atoms with Gasteiger partial charge in [-0.15, -0.1) is 0 Å². The molecule has 0 saturated heterocycles. The molecule has 0 spiro atoms. The van der Waals surface area contributed by atoms with Gasteiger partial charge in [0.15, 0.2) is 0 Å². The largest absolute Gasteiger partial charge is 0.508 e. The average Bonchev–Trinajstić information content (AvgIpc) is 2.07. The fourth-order valence-electron chi connectivity index (χ4n) is 1.09. The molecule has 0 aliphatic heterocycles. The average molecular weight is 176 g/mol. The topological polar surface area (TPSA) is 20.2 Å². The number of aryl methyl sites for hydroxylation is 1. The highest BCUT2D eigenvalue weighted by molar-refractivity contribution is 5.52. The van der Waals surface area contributed by atoms with Crippen molar-refractivity contribution >= 4 is 6.08 Å². The lowest BCUT2D eigenvalue weighted by Crippen LogP contribution is -1.80. The molecule has 1 N–H and O–H groups in total. The monoisotopic (exact) mass is 176 g/mol. The molecule has 0 aliphatic rings. The van der Waals surface area contributed by atoms with E-state index in [-0.39, 0.29) is 0 Å². The van der Waals surface area contributed by atoms with Crippen LogP contribution in [-0.2, 0) is 0 Å². The Hall–Kier alpha value is -1.24. The number of phenols is 1. The number of aromatic hydroxyl groups is 1. The first-order valence-electron chi connectivity index (χ1n) is 4.57. The molecule has 1 aromatic carbocycles. The summed E-state index contributed by atoms with van der Waals surface area (Å²) in [5.41, 5.74) is 2.06. The van der Waals surface area contributed by atoms with Crippen molar-refractivity contribution in [2.75, 3.05) is 0 Å². The third kappa shape index (κ3) is 2.94. The van der Waals surface area contributed by atoms with Crippen LogP contribution in [0, 0.1) is 12.8 Å². The summed E-state index contributed by atoms with van der Waals surface area (Å²) in [5, 5.41) is 9.30. The summed E-state index contributed by atoms with van der Waals surface area (Å²) < 4.78 is 0. The van der Waals surface area contributed by atoms with Crippen LogP contribution >= 0.6 is 0 Å². The van der Waals surface area contributed by atoms with Gasteiger partial charge < -0.3 is 5.11 Å². The molecule has 0 fully saturated rings. The van der Waals surface area contributed by atoms with Crippen molar-refractivity contribution in [3.05, 3.63) is 35.4 Å². The standard InChI is InChI=1S/C12H16O/c1-9(2)4-5-11-6-7-12(13)10(3)8-11/h4-9,13H,1-3H3/b5-4+. The highest BCUT2D eigenvalue weighted by Crippen LogP contribution is 2.18. The Balaban J connectivity index is 2.85. The minimum atomic E-state index is 0.363. The molecule has 0 saturated carbocycles. The van der Waals surface area contributed by atoms with Crippen LogP contribution in [0.2, 0.25) is 0 Å². The predicted molar refractivity (Wildman–Crippen MR) is 56.7 cm³/mol. The third-order valence-electron chi connectivity index (χ3n) is 1.89. The molecule has 0 atom stereocenters. The summed E-state index contributed by atoms with van der Waals surface area (Å²) >= 11 is 0. The summed E-state index contributed by atoms with van der Waals surface area (Å²) in [6, 6.07) is 5.63. The number of hydrogen-bond donors (Lipinski definition) is 1. The Bertz CT molecular complexity index is 311.